The average Bonchev–Trinajstić information content (AvgIpc) is 3.21. The zero-order valence-electron chi connectivity index (χ0n) is 10.9. The highest BCUT2D eigenvalue weighted by molar-refractivity contribution is 14.1. The molecule has 0 radical (unpaired) electrons. The van der Waals surface area contributed by atoms with Crippen molar-refractivity contribution in [1.29, 1.82) is 0 Å². The first-order valence-electron chi connectivity index (χ1n) is 6.35. The molecule has 21 heavy (non-hydrogen) atoms. The monoisotopic (exact) mass is 404 g/mol. The Morgan fingerprint density at radius 2 is 2.14 bits per heavy atom. The van der Waals surface area contributed by atoms with Gasteiger partial charge in [-0.3, -0.25) is 19.7 Å². The van der Waals surface area contributed by atoms with Crippen molar-refractivity contribution in [2.75, 3.05) is 0 Å². The van der Waals surface area contributed by atoms with Crippen LogP contribution in [0.25, 0.3) is 0 Å². The van der Waals surface area contributed by atoms with Gasteiger partial charge in [0.05, 0.1) is 16.9 Å². The number of nitrogens with zero attached hydrogens (tertiary/aromatic N) is 1. The van der Waals surface area contributed by atoms with Crippen LogP contribution >= 0.6 is 22.6 Å². The van der Waals surface area contributed by atoms with Crippen LogP contribution in [0.5, 0.6) is 0 Å². The number of rotatable bonds is 6. The van der Waals surface area contributed by atoms with E-state index >= 15 is 0 Å². The number of carbonyl (C=O) groups is 2. The molecule has 0 spiro atoms. The molecule has 1 aromatic rings. The fourth-order valence-corrected chi connectivity index (χ4v) is 2.65. The van der Waals surface area contributed by atoms with E-state index in [1.165, 1.54) is 18.2 Å². The van der Waals surface area contributed by atoms with Crippen LogP contribution in [-0.2, 0) is 4.79 Å². The summed E-state index contributed by atoms with van der Waals surface area (Å²) in [6.07, 6.45) is 1.65. The molecule has 1 aromatic carbocycles. The van der Waals surface area contributed by atoms with Gasteiger partial charge in [-0.05, 0) is 47.4 Å². The molecule has 0 saturated heterocycles. The fourth-order valence-electron chi connectivity index (χ4n) is 2.07. The highest BCUT2D eigenvalue weighted by Crippen LogP contribution is 2.34. The number of nitro benzene ring substituents is 1. The summed E-state index contributed by atoms with van der Waals surface area (Å²) in [6, 6.07) is 3.61. The highest BCUT2D eigenvalue weighted by atomic mass is 127. The minimum atomic E-state index is -0.971. The van der Waals surface area contributed by atoms with Gasteiger partial charge in [0.2, 0.25) is 0 Å². The maximum atomic E-state index is 12.2. The average molecular weight is 404 g/mol. The van der Waals surface area contributed by atoms with E-state index < -0.39 is 22.8 Å². The molecular weight excluding hydrogens is 391 g/mol. The zero-order chi connectivity index (χ0) is 15.6. The van der Waals surface area contributed by atoms with Crippen molar-refractivity contribution in [3.8, 4) is 0 Å². The van der Waals surface area contributed by atoms with Crippen LogP contribution in [0.15, 0.2) is 18.2 Å². The third-order valence-corrected chi connectivity index (χ3v) is 4.25. The number of carboxylic acids is 1. The summed E-state index contributed by atoms with van der Waals surface area (Å²) in [4.78, 5) is 33.3. The van der Waals surface area contributed by atoms with Gasteiger partial charge in [-0.15, -0.1) is 0 Å². The lowest BCUT2D eigenvalue weighted by atomic mass is 10.1. The number of hydrogen-bond acceptors (Lipinski definition) is 4. The molecule has 1 amide bonds. The van der Waals surface area contributed by atoms with E-state index in [4.69, 9.17) is 5.11 Å². The normalized spacial score (nSPS) is 15.3. The Labute approximate surface area is 134 Å². The minimum Gasteiger partial charge on any atom is -0.481 e. The number of carbonyl (C=O) groups excluding carboxylic acids is 1. The standard InChI is InChI=1S/C13H13IN2O5/c14-10-4-3-8(16(20)21)5-9(10)13(19)15-11(6-12(17)18)7-1-2-7/h3-5,7,11H,1-2,6H2,(H,15,19)(H,17,18). The van der Waals surface area contributed by atoms with Crippen molar-refractivity contribution >= 4 is 40.2 Å². The Kier molecular flexibility index (Phi) is 4.76. The number of carboxylic acid groups (broad SMARTS) is 1. The second-order valence-electron chi connectivity index (χ2n) is 4.94. The van der Waals surface area contributed by atoms with Crippen LogP contribution in [0.2, 0.25) is 0 Å². The molecule has 112 valence electrons. The fraction of sp³-hybridized carbons (Fsp3) is 0.385. The van der Waals surface area contributed by atoms with E-state index in [-0.39, 0.29) is 23.6 Å². The summed E-state index contributed by atoms with van der Waals surface area (Å²) in [5.41, 5.74) is 0.0302. The summed E-state index contributed by atoms with van der Waals surface area (Å²) >= 11 is 1.92. The Morgan fingerprint density at radius 3 is 2.67 bits per heavy atom. The van der Waals surface area contributed by atoms with Crippen molar-refractivity contribution in [2.24, 2.45) is 5.92 Å². The first-order valence-corrected chi connectivity index (χ1v) is 7.43. The summed E-state index contributed by atoms with van der Waals surface area (Å²) in [5, 5.41) is 22.3. The number of non-ortho nitro benzene ring substituents is 1. The van der Waals surface area contributed by atoms with Gasteiger partial charge in [0, 0.05) is 21.7 Å². The Balaban J connectivity index is 2.16. The SMILES string of the molecule is O=C(O)CC(NC(=O)c1cc([N+](=O)[O-])ccc1I)C1CC1. The first kappa shape index (κ1) is 15.7. The molecule has 2 rings (SSSR count). The summed E-state index contributed by atoms with van der Waals surface area (Å²) < 4.78 is 0.584. The van der Waals surface area contributed by atoms with Gasteiger partial charge in [-0.25, -0.2) is 0 Å². The molecule has 0 bridgehead atoms. The second kappa shape index (κ2) is 6.37. The van der Waals surface area contributed by atoms with Gasteiger partial charge in [-0.2, -0.15) is 0 Å². The lowest BCUT2D eigenvalue weighted by molar-refractivity contribution is -0.384. The predicted molar refractivity (Wildman–Crippen MR) is 82.0 cm³/mol. The molecule has 1 fully saturated rings. The van der Waals surface area contributed by atoms with Crippen LogP contribution in [0.4, 0.5) is 5.69 Å². The summed E-state index contributed by atoms with van der Waals surface area (Å²) in [7, 11) is 0. The molecule has 1 aliphatic carbocycles. The predicted octanol–water partition coefficient (Wildman–Crippen LogP) is 2.18. The summed E-state index contributed by atoms with van der Waals surface area (Å²) in [5.74, 6) is -1.26. The largest absolute Gasteiger partial charge is 0.481 e. The van der Waals surface area contributed by atoms with E-state index in [1.54, 1.807) is 0 Å². The molecule has 1 aliphatic rings. The van der Waals surface area contributed by atoms with Crippen LogP contribution in [0.3, 0.4) is 0 Å². The van der Waals surface area contributed by atoms with Gasteiger partial charge in [-0.1, -0.05) is 0 Å². The van der Waals surface area contributed by atoms with Crippen molar-refractivity contribution in [3.05, 3.63) is 37.4 Å². The molecule has 1 unspecified atom stereocenters. The third-order valence-electron chi connectivity index (χ3n) is 3.31. The van der Waals surface area contributed by atoms with Crippen molar-refractivity contribution in [3.63, 3.8) is 0 Å². The number of halogens is 1. The van der Waals surface area contributed by atoms with Crippen LogP contribution in [0, 0.1) is 19.6 Å². The highest BCUT2D eigenvalue weighted by Gasteiger charge is 2.34. The van der Waals surface area contributed by atoms with Crippen molar-refractivity contribution < 1.29 is 19.6 Å². The minimum absolute atomic E-state index is 0.137. The smallest absolute Gasteiger partial charge is 0.305 e. The molecule has 0 aliphatic heterocycles. The van der Waals surface area contributed by atoms with Gasteiger partial charge in [0.15, 0.2) is 0 Å². The molecule has 1 saturated carbocycles. The van der Waals surface area contributed by atoms with E-state index in [2.05, 4.69) is 5.32 Å². The molecule has 7 nitrogen and oxygen atoms in total. The maximum Gasteiger partial charge on any atom is 0.305 e. The topological polar surface area (TPSA) is 110 Å². The van der Waals surface area contributed by atoms with Gasteiger partial charge >= 0.3 is 5.97 Å². The molecule has 0 heterocycles. The molecular formula is C13H13IN2O5. The van der Waals surface area contributed by atoms with Crippen LogP contribution < -0.4 is 5.32 Å². The zero-order valence-corrected chi connectivity index (χ0v) is 13.1. The lowest BCUT2D eigenvalue weighted by Gasteiger charge is -2.16. The summed E-state index contributed by atoms with van der Waals surface area (Å²) in [6.45, 7) is 0. The number of amides is 1. The van der Waals surface area contributed by atoms with E-state index in [9.17, 15) is 19.7 Å². The number of aliphatic carboxylic acids is 1. The van der Waals surface area contributed by atoms with Crippen LogP contribution in [-0.4, -0.2) is 27.9 Å². The van der Waals surface area contributed by atoms with Crippen LogP contribution in [0.1, 0.15) is 29.6 Å². The van der Waals surface area contributed by atoms with E-state index in [0.29, 0.717) is 3.57 Å². The second-order valence-corrected chi connectivity index (χ2v) is 6.10. The maximum absolute atomic E-state index is 12.2. The molecule has 8 heteroatoms. The van der Waals surface area contributed by atoms with Crippen molar-refractivity contribution in [2.45, 2.75) is 25.3 Å². The molecule has 0 aromatic heterocycles. The number of hydrogen-bond donors (Lipinski definition) is 2. The molecule has 1 atom stereocenters. The van der Waals surface area contributed by atoms with Gasteiger partial charge in [0.1, 0.15) is 0 Å². The van der Waals surface area contributed by atoms with E-state index in [1.807, 2.05) is 22.6 Å². The lowest BCUT2D eigenvalue weighted by Crippen LogP contribution is -2.38. The Bertz CT molecular complexity index is 600. The molecule has 2 N–H and O–H groups in total. The number of nitro groups is 1. The number of benzene rings is 1. The number of nitrogens with one attached hydrogen (secondary N) is 1. The first-order chi connectivity index (χ1) is 9.88. The van der Waals surface area contributed by atoms with Crippen molar-refractivity contribution in [1.82, 2.24) is 5.32 Å². The van der Waals surface area contributed by atoms with E-state index in [0.717, 1.165) is 12.8 Å². The van der Waals surface area contributed by atoms with Gasteiger partial charge < -0.3 is 10.4 Å². The quantitative estimate of drug-likeness (QED) is 0.429. The Hall–Kier alpha value is -1.71. The van der Waals surface area contributed by atoms with Gasteiger partial charge in [0.25, 0.3) is 11.6 Å². The Morgan fingerprint density at radius 1 is 1.48 bits per heavy atom. The third kappa shape index (κ3) is 4.13.